The highest BCUT2D eigenvalue weighted by Gasteiger charge is 2.47. The molecule has 0 amide bonds. The number of nitrogen functional groups attached to an aromatic ring is 1. The Morgan fingerprint density at radius 3 is 2.23 bits per heavy atom. The van der Waals surface area contributed by atoms with Gasteiger partial charge in [-0.3, -0.25) is 4.68 Å². The van der Waals surface area contributed by atoms with E-state index >= 15 is 0 Å². The molecular formula is C30H45N7OSi. The van der Waals surface area contributed by atoms with E-state index in [-0.39, 0.29) is 12.1 Å². The minimum Gasteiger partial charge on any atom is -0.408 e. The maximum Gasteiger partial charge on any atom is 0.220 e. The van der Waals surface area contributed by atoms with Crippen LogP contribution in [-0.4, -0.2) is 38.0 Å². The Kier molecular flexibility index (Phi) is 8.61. The molecule has 1 unspecified atom stereocenters. The molecule has 4 rings (SSSR count). The van der Waals surface area contributed by atoms with Crippen molar-refractivity contribution in [1.82, 2.24) is 29.7 Å². The van der Waals surface area contributed by atoms with Crippen molar-refractivity contribution in [2.45, 2.75) is 104 Å². The van der Waals surface area contributed by atoms with Crippen LogP contribution in [0.3, 0.4) is 0 Å². The summed E-state index contributed by atoms with van der Waals surface area (Å²) in [6, 6.07) is 4.49. The van der Waals surface area contributed by atoms with Gasteiger partial charge in [-0.05, 0) is 49.0 Å². The van der Waals surface area contributed by atoms with E-state index < -0.39 is 8.32 Å². The normalized spacial score (nSPS) is 13.5. The molecule has 0 aliphatic carbocycles. The van der Waals surface area contributed by atoms with E-state index in [0.717, 1.165) is 52.0 Å². The van der Waals surface area contributed by atoms with Crippen molar-refractivity contribution >= 4 is 25.3 Å². The highest BCUT2D eigenvalue weighted by atomic mass is 28.4. The third-order valence-corrected chi connectivity index (χ3v) is 14.1. The second-order valence-electron chi connectivity index (χ2n) is 11.9. The molecule has 0 spiro atoms. The number of pyridine rings is 1. The van der Waals surface area contributed by atoms with Crippen LogP contribution in [0.15, 0.2) is 36.9 Å². The summed E-state index contributed by atoms with van der Waals surface area (Å²) in [7, 11) is -2.13. The molecule has 0 saturated heterocycles. The van der Waals surface area contributed by atoms with Crippen molar-refractivity contribution in [1.29, 1.82) is 0 Å². The van der Waals surface area contributed by atoms with Crippen molar-refractivity contribution in [3.05, 3.63) is 42.6 Å². The Labute approximate surface area is 233 Å². The van der Waals surface area contributed by atoms with Gasteiger partial charge in [-0.1, -0.05) is 54.9 Å². The van der Waals surface area contributed by atoms with Crippen molar-refractivity contribution < 1.29 is 4.43 Å². The van der Waals surface area contributed by atoms with Gasteiger partial charge in [-0.15, -0.1) is 0 Å². The summed E-state index contributed by atoms with van der Waals surface area (Å²) in [5.74, 6) is 0.259. The van der Waals surface area contributed by atoms with Gasteiger partial charge in [-0.25, -0.2) is 15.0 Å². The lowest BCUT2D eigenvalue weighted by Crippen LogP contribution is -2.48. The third kappa shape index (κ3) is 5.65. The summed E-state index contributed by atoms with van der Waals surface area (Å²) in [5.41, 5.74) is 13.2. The molecule has 4 aromatic rings. The maximum absolute atomic E-state index is 7.23. The van der Waals surface area contributed by atoms with Crippen molar-refractivity contribution in [2.75, 3.05) is 5.73 Å². The van der Waals surface area contributed by atoms with Crippen molar-refractivity contribution in [3.63, 3.8) is 0 Å². The van der Waals surface area contributed by atoms with Gasteiger partial charge in [0.25, 0.3) is 0 Å². The fourth-order valence-corrected chi connectivity index (χ4v) is 11.7. The highest BCUT2D eigenvalue weighted by Crippen LogP contribution is 2.46. The van der Waals surface area contributed by atoms with E-state index in [1.165, 1.54) is 0 Å². The second kappa shape index (κ2) is 11.6. The first-order chi connectivity index (χ1) is 18.5. The summed E-state index contributed by atoms with van der Waals surface area (Å²) in [5, 5.41) is 5.48. The molecule has 0 aliphatic rings. The first-order valence-electron chi connectivity index (χ1n) is 14.3. The standard InChI is InChI=1S/C30H45N7OSi/c1-10-11-28(38-39(19(4)5,20(6)7)21(8)9)27-13-26(35-30(31)36-27)25-16-33-29-24(25)12-22(14-32-29)23-15-34-37(17-23)18(2)3/h12-21,28H,10-11H2,1-9H3,(H,32,33)(H2,31,35,36). The third-order valence-electron chi connectivity index (χ3n) is 7.97. The summed E-state index contributed by atoms with van der Waals surface area (Å²) >= 11 is 0. The molecule has 210 valence electrons. The number of hydrogen-bond donors (Lipinski definition) is 2. The quantitative estimate of drug-likeness (QED) is 0.184. The average Bonchev–Trinajstić information content (AvgIpc) is 3.53. The van der Waals surface area contributed by atoms with Crippen LogP contribution in [0, 0.1) is 0 Å². The molecule has 8 nitrogen and oxygen atoms in total. The predicted octanol–water partition coefficient (Wildman–Crippen LogP) is 8.08. The number of aromatic amines is 1. The first-order valence-corrected chi connectivity index (χ1v) is 16.5. The number of nitrogens with two attached hydrogens (primary N) is 1. The number of aromatic nitrogens is 6. The lowest BCUT2D eigenvalue weighted by molar-refractivity contribution is 0.161. The zero-order chi connectivity index (χ0) is 28.5. The molecule has 0 fully saturated rings. The Balaban J connectivity index is 1.78. The molecule has 39 heavy (non-hydrogen) atoms. The maximum atomic E-state index is 7.23. The Hall–Kier alpha value is -3.04. The molecule has 4 heterocycles. The minimum atomic E-state index is -2.13. The summed E-state index contributed by atoms with van der Waals surface area (Å²) in [6.45, 7) is 20.3. The van der Waals surface area contributed by atoms with Crippen LogP contribution in [0.5, 0.6) is 0 Å². The van der Waals surface area contributed by atoms with Gasteiger partial charge in [-0.2, -0.15) is 5.10 Å². The number of nitrogens with zero attached hydrogens (tertiary/aromatic N) is 5. The number of rotatable bonds is 11. The molecule has 0 aliphatic heterocycles. The van der Waals surface area contributed by atoms with Crippen LogP contribution < -0.4 is 5.73 Å². The lowest BCUT2D eigenvalue weighted by atomic mass is 10.1. The van der Waals surface area contributed by atoms with Gasteiger partial charge in [0.05, 0.1) is 23.7 Å². The molecule has 9 heteroatoms. The summed E-state index contributed by atoms with van der Waals surface area (Å²) in [6.07, 6.45) is 9.53. The molecule has 0 saturated carbocycles. The molecule has 4 aromatic heterocycles. The topological polar surface area (TPSA) is 108 Å². The van der Waals surface area contributed by atoms with Gasteiger partial charge in [0, 0.05) is 46.7 Å². The zero-order valence-electron chi connectivity index (χ0n) is 25.0. The van der Waals surface area contributed by atoms with Gasteiger partial charge in [0.15, 0.2) is 0 Å². The zero-order valence-corrected chi connectivity index (χ0v) is 26.0. The Morgan fingerprint density at radius 1 is 0.949 bits per heavy atom. The van der Waals surface area contributed by atoms with Crippen LogP contribution in [-0.2, 0) is 4.43 Å². The minimum absolute atomic E-state index is 0.126. The Morgan fingerprint density at radius 2 is 1.64 bits per heavy atom. The van der Waals surface area contributed by atoms with Gasteiger partial charge in [0.2, 0.25) is 14.3 Å². The largest absolute Gasteiger partial charge is 0.408 e. The van der Waals surface area contributed by atoms with E-state index in [4.69, 9.17) is 15.1 Å². The smallest absolute Gasteiger partial charge is 0.220 e. The van der Waals surface area contributed by atoms with Gasteiger partial charge < -0.3 is 15.1 Å². The average molecular weight is 548 g/mol. The molecular weight excluding hydrogens is 502 g/mol. The number of fused-ring (bicyclic) bond motifs is 1. The predicted molar refractivity (Wildman–Crippen MR) is 163 cm³/mol. The number of H-pyrrole nitrogens is 1. The molecule has 0 radical (unpaired) electrons. The molecule has 0 aromatic carbocycles. The monoisotopic (exact) mass is 547 g/mol. The first kappa shape index (κ1) is 29.0. The SMILES string of the molecule is CCCC(O[Si](C(C)C)(C(C)C)C(C)C)c1cc(-c2c[nH]c3ncc(-c4cnn(C(C)C)c4)cc23)nc(N)n1. The number of anilines is 1. The van der Waals surface area contributed by atoms with Gasteiger partial charge in [0.1, 0.15) is 5.65 Å². The van der Waals surface area contributed by atoms with Gasteiger partial charge >= 0.3 is 0 Å². The van der Waals surface area contributed by atoms with Crippen molar-refractivity contribution in [3.8, 4) is 22.4 Å². The fraction of sp³-hybridized carbons (Fsp3) is 0.533. The van der Waals surface area contributed by atoms with E-state index in [0.29, 0.717) is 22.7 Å². The summed E-state index contributed by atoms with van der Waals surface area (Å²) in [4.78, 5) is 17.4. The lowest BCUT2D eigenvalue weighted by Gasteiger charge is -2.44. The molecule has 3 N–H and O–H groups in total. The molecule has 0 bridgehead atoms. The van der Waals surface area contributed by atoms with Crippen LogP contribution in [0.25, 0.3) is 33.4 Å². The van der Waals surface area contributed by atoms with Crippen LogP contribution in [0.2, 0.25) is 16.6 Å². The highest BCUT2D eigenvalue weighted by molar-refractivity contribution is 6.77. The Bertz CT molecular complexity index is 1380. The van der Waals surface area contributed by atoms with E-state index in [1.807, 2.05) is 23.3 Å². The number of nitrogens with one attached hydrogen (secondary N) is 1. The van der Waals surface area contributed by atoms with E-state index in [9.17, 15) is 0 Å². The van der Waals surface area contributed by atoms with Crippen LogP contribution in [0.4, 0.5) is 5.95 Å². The van der Waals surface area contributed by atoms with Crippen molar-refractivity contribution in [2.24, 2.45) is 0 Å². The van der Waals surface area contributed by atoms with Crippen LogP contribution in [0.1, 0.15) is 93.0 Å². The summed E-state index contributed by atoms with van der Waals surface area (Å²) < 4.78 is 9.18. The van der Waals surface area contributed by atoms with E-state index in [1.54, 1.807) is 0 Å². The van der Waals surface area contributed by atoms with Crippen LogP contribution >= 0.6 is 0 Å². The molecule has 1 atom stereocenters. The van der Waals surface area contributed by atoms with E-state index in [2.05, 4.69) is 101 Å². The fourth-order valence-electron chi connectivity index (χ4n) is 6.11. The second-order valence-corrected chi connectivity index (χ2v) is 17.3. The number of hydrogen-bond acceptors (Lipinski definition) is 6.